The van der Waals surface area contributed by atoms with Crippen LogP contribution in [0.3, 0.4) is 0 Å². The van der Waals surface area contributed by atoms with Gasteiger partial charge in [0.15, 0.2) is 0 Å². The van der Waals surface area contributed by atoms with Crippen LogP contribution in [-0.4, -0.2) is 62.9 Å². The lowest BCUT2D eigenvalue weighted by molar-refractivity contribution is -0.00909. The molecule has 0 N–H and O–H groups in total. The molecule has 0 bridgehead atoms. The van der Waals surface area contributed by atoms with E-state index in [1.54, 1.807) is 44.8 Å². The summed E-state index contributed by atoms with van der Waals surface area (Å²) in [4.78, 5) is 19.3. The number of rotatable bonds is 6. The molecule has 160 valence electrons. The minimum atomic E-state index is -0.00974. The van der Waals surface area contributed by atoms with Gasteiger partial charge >= 0.3 is 0 Å². The molecule has 1 spiro atoms. The molecule has 2 aliphatic rings. The predicted octanol–water partition coefficient (Wildman–Crippen LogP) is 3.05. The van der Waals surface area contributed by atoms with E-state index in [2.05, 4.69) is 4.98 Å². The fourth-order valence-electron chi connectivity index (χ4n) is 4.51. The van der Waals surface area contributed by atoms with Crippen LogP contribution in [0.4, 0.5) is 0 Å². The fraction of sp³-hybridized carbons (Fsp3) is 0.478. The van der Waals surface area contributed by atoms with E-state index >= 15 is 0 Å². The Hall–Kier alpha value is -2.80. The second-order valence-electron chi connectivity index (χ2n) is 7.95. The number of likely N-dealkylation sites (tertiary alicyclic amines) is 1. The number of pyridine rings is 1. The van der Waals surface area contributed by atoms with Gasteiger partial charge in [-0.05, 0) is 37.1 Å². The summed E-state index contributed by atoms with van der Waals surface area (Å²) >= 11 is 0. The standard InChI is InChI=1S/C23H28N2O5/c1-27-20-11-17(12-21(13-20)28-2)22(26)25-14-18(15-30-19-3-7-24-8-4-19)23(16-25)5-9-29-10-6-23/h3-4,7-8,11-13,18H,5-6,9-10,14-16H2,1-2H3. The first-order valence-electron chi connectivity index (χ1n) is 10.3. The average molecular weight is 412 g/mol. The van der Waals surface area contributed by atoms with Crippen molar-refractivity contribution in [3.63, 3.8) is 0 Å². The third-order valence-electron chi connectivity index (χ3n) is 6.29. The van der Waals surface area contributed by atoms with Gasteiger partial charge in [-0.15, -0.1) is 0 Å². The number of benzene rings is 1. The van der Waals surface area contributed by atoms with Gasteiger partial charge in [-0.2, -0.15) is 0 Å². The third kappa shape index (κ3) is 4.21. The highest BCUT2D eigenvalue weighted by Gasteiger charge is 2.49. The Morgan fingerprint density at radius 3 is 2.40 bits per heavy atom. The molecule has 0 radical (unpaired) electrons. The highest BCUT2D eigenvalue weighted by atomic mass is 16.5. The Morgan fingerprint density at radius 1 is 1.10 bits per heavy atom. The predicted molar refractivity (Wildman–Crippen MR) is 111 cm³/mol. The molecule has 2 aliphatic heterocycles. The van der Waals surface area contributed by atoms with Crippen molar-refractivity contribution in [2.24, 2.45) is 11.3 Å². The van der Waals surface area contributed by atoms with E-state index in [0.29, 0.717) is 36.8 Å². The number of hydrogen-bond acceptors (Lipinski definition) is 6. The fourth-order valence-corrected chi connectivity index (χ4v) is 4.51. The minimum absolute atomic E-state index is 0.00974. The molecule has 30 heavy (non-hydrogen) atoms. The maximum atomic E-state index is 13.4. The van der Waals surface area contributed by atoms with Crippen molar-refractivity contribution in [2.45, 2.75) is 12.8 Å². The number of amides is 1. The van der Waals surface area contributed by atoms with Gasteiger partial charge < -0.3 is 23.8 Å². The highest BCUT2D eigenvalue weighted by molar-refractivity contribution is 5.95. The van der Waals surface area contributed by atoms with Gasteiger partial charge in [-0.1, -0.05) is 0 Å². The minimum Gasteiger partial charge on any atom is -0.497 e. The number of carbonyl (C=O) groups is 1. The van der Waals surface area contributed by atoms with Gasteiger partial charge in [0.25, 0.3) is 5.91 Å². The summed E-state index contributed by atoms with van der Waals surface area (Å²) in [5.74, 6) is 2.25. The monoisotopic (exact) mass is 412 g/mol. The summed E-state index contributed by atoms with van der Waals surface area (Å²) in [6.45, 7) is 3.37. The topological polar surface area (TPSA) is 70.1 Å². The van der Waals surface area contributed by atoms with Crippen molar-refractivity contribution in [3.8, 4) is 17.2 Å². The summed E-state index contributed by atoms with van der Waals surface area (Å²) in [7, 11) is 3.17. The molecule has 0 saturated carbocycles. The summed E-state index contributed by atoms with van der Waals surface area (Å²) in [5, 5.41) is 0. The van der Waals surface area contributed by atoms with Crippen molar-refractivity contribution in [2.75, 3.05) is 47.1 Å². The van der Waals surface area contributed by atoms with E-state index in [0.717, 1.165) is 31.8 Å². The van der Waals surface area contributed by atoms with Gasteiger partial charge in [0.2, 0.25) is 0 Å². The van der Waals surface area contributed by atoms with E-state index in [1.165, 1.54) is 0 Å². The van der Waals surface area contributed by atoms with Crippen LogP contribution in [0.2, 0.25) is 0 Å². The van der Waals surface area contributed by atoms with E-state index < -0.39 is 0 Å². The molecular weight excluding hydrogens is 384 g/mol. The van der Waals surface area contributed by atoms with Crippen molar-refractivity contribution >= 4 is 5.91 Å². The van der Waals surface area contributed by atoms with E-state index in [1.807, 2.05) is 17.0 Å². The SMILES string of the molecule is COc1cc(OC)cc(C(=O)N2CC(COc3ccncc3)C3(CCOCC3)C2)c1. The van der Waals surface area contributed by atoms with Crippen LogP contribution in [0, 0.1) is 11.3 Å². The van der Waals surface area contributed by atoms with Crippen LogP contribution >= 0.6 is 0 Å². The van der Waals surface area contributed by atoms with Crippen LogP contribution in [0.25, 0.3) is 0 Å². The summed E-state index contributed by atoms with van der Waals surface area (Å²) in [5.41, 5.74) is 0.591. The lowest BCUT2D eigenvalue weighted by Gasteiger charge is -2.37. The first kappa shape index (κ1) is 20.5. The van der Waals surface area contributed by atoms with Gasteiger partial charge in [0, 0.05) is 61.7 Å². The van der Waals surface area contributed by atoms with Crippen LogP contribution in [0.5, 0.6) is 17.2 Å². The lowest BCUT2D eigenvalue weighted by atomic mass is 9.72. The Morgan fingerprint density at radius 2 is 1.77 bits per heavy atom. The van der Waals surface area contributed by atoms with Crippen LogP contribution < -0.4 is 14.2 Å². The smallest absolute Gasteiger partial charge is 0.254 e. The number of hydrogen-bond donors (Lipinski definition) is 0. The normalized spacial score (nSPS) is 20.2. The Labute approximate surface area is 176 Å². The molecule has 7 heteroatoms. The molecule has 7 nitrogen and oxygen atoms in total. The molecule has 1 unspecified atom stereocenters. The lowest BCUT2D eigenvalue weighted by Crippen LogP contribution is -2.39. The highest BCUT2D eigenvalue weighted by Crippen LogP contribution is 2.45. The summed E-state index contributed by atoms with van der Waals surface area (Å²) in [6, 6.07) is 9.02. The van der Waals surface area contributed by atoms with Crippen molar-refractivity contribution in [1.29, 1.82) is 0 Å². The number of nitrogens with zero attached hydrogens (tertiary/aromatic N) is 2. The number of ether oxygens (including phenoxy) is 4. The number of methoxy groups -OCH3 is 2. The molecule has 1 aromatic heterocycles. The largest absolute Gasteiger partial charge is 0.497 e. The van der Waals surface area contributed by atoms with Gasteiger partial charge in [0.1, 0.15) is 17.2 Å². The second kappa shape index (κ2) is 8.92. The summed E-state index contributed by atoms with van der Waals surface area (Å²) < 4.78 is 22.4. The Balaban J connectivity index is 1.54. The van der Waals surface area contributed by atoms with Crippen LogP contribution in [0.1, 0.15) is 23.2 Å². The summed E-state index contributed by atoms with van der Waals surface area (Å²) in [6.07, 6.45) is 5.31. The van der Waals surface area contributed by atoms with Gasteiger partial charge in [-0.25, -0.2) is 0 Å². The Kier molecular flexibility index (Phi) is 6.08. The van der Waals surface area contributed by atoms with Crippen molar-refractivity contribution in [3.05, 3.63) is 48.3 Å². The number of carbonyl (C=O) groups excluding carboxylic acids is 1. The molecule has 0 aliphatic carbocycles. The van der Waals surface area contributed by atoms with Crippen molar-refractivity contribution in [1.82, 2.24) is 9.88 Å². The molecule has 2 aromatic rings. The molecule has 3 heterocycles. The van der Waals surface area contributed by atoms with Crippen LogP contribution in [0.15, 0.2) is 42.7 Å². The maximum absolute atomic E-state index is 13.4. The second-order valence-corrected chi connectivity index (χ2v) is 7.95. The molecule has 1 amide bonds. The van der Waals surface area contributed by atoms with E-state index in [4.69, 9.17) is 18.9 Å². The van der Waals surface area contributed by atoms with E-state index in [-0.39, 0.29) is 17.2 Å². The molecule has 2 saturated heterocycles. The Bertz CT molecular complexity index is 845. The van der Waals surface area contributed by atoms with Crippen LogP contribution in [-0.2, 0) is 4.74 Å². The maximum Gasteiger partial charge on any atom is 0.254 e. The molecule has 2 fully saturated rings. The van der Waals surface area contributed by atoms with Gasteiger partial charge in [-0.3, -0.25) is 9.78 Å². The number of aromatic nitrogens is 1. The molecule has 1 aromatic carbocycles. The molecular formula is C23H28N2O5. The van der Waals surface area contributed by atoms with Crippen molar-refractivity contribution < 1.29 is 23.7 Å². The first-order valence-corrected chi connectivity index (χ1v) is 10.3. The van der Waals surface area contributed by atoms with E-state index in [9.17, 15) is 4.79 Å². The zero-order chi connectivity index (χ0) is 21.0. The molecule has 4 rings (SSSR count). The zero-order valence-electron chi connectivity index (χ0n) is 17.5. The zero-order valence-corrected chi connectivity index (χ0v) is 17.5. The third-order valence-corrected chi connectivity index (χ3v) is 6.29. The van der Waals surface area contributed by atoms with Gasteiger partial charge in [0.05, 0.1) is 20.8 Å². The molecule has 1 atom stereocenters. The quantitative estimate of drug-likeness (QED) is 0.726. The first-order chi connectivity index (χ1) is 14.6. The average Bonchev–Trinajstić information content (AvgIpc) is 3.15.